The van der Waals surface area contributed by atoms with Gasteiger partial charge in [-0.05, 0) is 24.6 Å². The maximum Gasteiger partial charge on any atom is 0.170 e. The van der Waals surface area contributed by atoms with E-state index in [-0.39, 0.29) is 6.61 Å². The minimum absolute atomic E-state index is 0.0530. The van der Waals surface area contributed by atoms with Crippen LogP contribution in [0.1, 0.15) is 18.1 Å². The number of ether oxygens (including phenoxy) is 2. The fourth-order valence-corrected chi connectivity index (χ4v) is 1.77. The molecule has 0 aliphatic rings. The highest BCUT2D eigenvalue weighted by molar-refractivity contribution is 9.10. The molecule has 0 bridgehead atoms. The third kappa shape index (κ3) is 4.00. The van der Waals surface area contributed by atoms with Gasteiger partial charge in [0.1, 0.15) is 5.75 Å². The molecule has 1 rings (SSSR count). The van der Waals surface area contributed by atoms with E-state index in [1.54, 1.807) is 19.2 Å². The molecule has 1 aromatic rings. The summed E-state index contributed by atoms with van der Waals surface area (Å²) < 4.78 is 11.3. The first-order valence-electron chi connectivity index (χ1n) is 5.18. The second-order valence-electron chi connectivity index (χ2n) is 3.34. The molecular formula is C12H14BrNO3. The van der Waals surface area contributed by atoms with Crippen molar-refractivity contribution in [2.24, 2.45) is 0 Å². The summed E-state index contributed by atoms with van der Waals surface area (Å²) in [7, 11) is 1.57. The summed E-state index contributed by atoms with van der Waals surface area (Å²) in [5, 5.41) is 17.7. The van der Waals surface area contributed by atoms with E-state index in [0.717, 1.165) is 10.0 Å². The van der Waals surface area contributed by atoms with Crippen molar-refractivity contribution in [1.82, 2.24) is 0 Å². The van der Waals surface area contributed by atoms with Gasteiger partial charge in [-0.25, -0.2) is 0 Å². The van der Waals surface area contributed by atoms with Crippen molar-refractivity contribution in [1.29, 1.82) is 5.26 Å². The van der Waals surface area contributed by atoms with Crippen LogP contribution < -0.4 is 4.74 Å². The number of aliphatic hydroxyl groups excluding tert-OH is 1. The number of nitrogens with zero attached hydrogens (tertiary/aromatic N) is 1. The second-order valence-corrected chi connectivity index (χ2v) is 4.20. The highest BCUT2D eigenvalue weighted by Gasteiger charge is 2.15. The topological polar surface area (TPSA) is 62.5 Å². The highest BCUT2D eigenvalue weighted by atomic mass is 79.9. The SMILES string of the molecule is COc1ccc(Br)c(C(C#N)OCCCO)c1. The molecule has 1 unspecified atom stereocenters. The zero-order valence-corrected chi connectivity index (χ0v) is 11.1. The van der Waals surface area contributed by atoms with Crippen molar-refractivity contribution in [3.63, 3.8) is 0 Å². The predicted molar refractivity (Wildman–Crippen MR) is 66.7 cm³/mol. The van der Waals surface area contributed by atoms with E-state index < -0.39 is 6.10 Å². The number of aliphatic hydroxyl groups is 1. The lowest BCUT2D eigenvalue weighted by atomic mass is 10.1. The summed E-state index contributed by atoms with van der Waals surface area (Å²) in [5.41, 5.74) is 0.727. The van der Waals surface area contributed by atoms with Crippen molar-refractivity contribution in [3.05, 3.63) is 28.2 Å². The van der Waals surface area contributed by atoms with Crippen LogP contribution in [-0.4, -0.2) is 25.4 Å². The molecule has 92 valence electrons. The molecule has 17 heavy (non-hydrogen) atoms. The summed E-state index contributed by atoms with van der Waals surface area (Å²) in [5.74, 6) is 0.675. The zero-order chi connectivity index (χ0) is 12.7. The van der Waals surface area contributed by atoms with Crippen LogP contribution in [0.4, 0.5) is 0 Å². The minimum atomic E-state index is -0.661. The lowest BCUT2D eigenvalue weighted by Crippen LogP contribution is -2.05. The van der Waals surface area contributed by atoms with Gasteiger partial charge in [0.2, 0.25) is 0 Å². The Kier molecular flexibility index (Phi) is 5.98. The van der Waals surface area contributed by atoms with Gasteiger partial charge in [0.15, 0.2) is 6.10 Å². The maximum atomic E-state index is 9.07. The molecule has 0 aliphatic heterocycles. The van der Waals surface area contributed by atoms with Crippen LogP contribution >= 0.6 is 15.9 Å². The first-order chi connectivity index (χ1) is 8.22. The van der Waals surface area contributed by atoms with Gasteiger partial charge in [-0.1, -0.05) is 15.9 Å². The molecular weight excluding hydrogens is 286 g/mol. The standard InChI is InChI=1S/C12H14BrNO3/c1-16-9-3-4-11(13)10(7-9)12(8-14)17-6-2-5-15/h3-4,7,12,15H,2,5-6H2,1H3. The lowest BCUT2D eigenvalue weighted by molar-refractivity contribution is 0.0768. The second kappa shape index (κ2) is 7.28. The van der Waals surface area contributed by atoms with Crippen molar-refractivity contribution in [2.75, 3.05) is 20.3 Å². The summed E-state index contributed by atoms with van der Waals surface area (Å²) in [6.07, 6.45) is -0.147. The van der Waals surface area contributed by atoms with Gasteiger partial charge >= 0.3 is 0 Å². The Labute approximate surface area is 109 Å². The van der Waals surface area contributed by atoms with Gasteiger partial charge < -0.3 is 14.6 Å². The number of hydrogen-bond acceptors (Lipinski definition) is 4. The van der Waals surface area contributed by atoms with E-state index in [1.165, 1.54) is 0 Å². The van der Waals surface area contributed by atoms with Crippen LogP contribution in [0.5, 0.6) is 5.75 Å². The summed E-state index contributed by atoms with van der Waals surface area (Å²) in [4.78, 5) is 0. The average molecular weight is 300 g/mol. The smallest absolute Gasteiger partial charge is 0.170 e. The first-order valence-corrected chi connectivity index (χ1v) is 5.97. The van der Waals surface area contributed by atoms with Gasteiger partial charge in [-0.2, -0.15) is 5.26 Å². The van der Waals surface area contributed by atoms with E-state index in [1.807, 2.05) is 6.07 Å². The van der Waals surface area contributed by atoms with E-state index in [4.69, 9.17) is 19.8 Å². The average Bonchev–Trinajstić information content (AvgIpc) is 2.36. The molecule has 5 heteroatoms. The molecule has 0 fully saturated rings. The van der Waals surface area contributed by atoms with E-state index in [2.05, 4.69) is 22.0 Å². The summed E-state index contributed by atoms with van der Waals surface area (Å²) >= 11 is 3.37. The largest absolute Gasteiger partial charge is 0.497 e. The number of rotatable bonds is 6. The van der Waals surface area contributed by atoms with Crippen molar-refractivity contribution in [3.8, 4) is 11.8 Å². The van der Waals surface area contributed by atoms with Crippen molar-refractivity contribution >= 4 is 15.9 Å². The monoisotopic (exact) mass is 299 g/mol. The van der Waals surface area contributed by atoms with Crippen LogP contribution in [0.25, 0.3) is 0 Å². The minimum Gasteiger partial charge on any atom is -0.497 e. The first kappa shape index (κ1) is 14.0. The van der Waals surface area contributed by atoms with E-state index in [0.29, 0.717) is 18.8 Å². The van der Waals surface area contributed by atoms with Gasteiger partial charge in [0.25, 0.3) is 0 Å². The van der Waals surface area contributed by atoms with E-state index in [9.17, 15) is 0 Å². The quantitative estimate of drug-likeness (QED) is 0.820. The number of methoxy groups -OCH3 is 1. The summed E-state index contributed by atoms with van der Waals surface area (Å²) in [6, 6.07) is 7.46. The third-order valence-corrected chi connectivity index (χ3v) is 2.91. The number of halogens is 1. The van der Waals surface area contributed by atoms with Gasteiger partial charge in [0, 0.05) is 16.6 Å². The van der Waals surface area contributed by atoms with Crippen LogP contribution in [0.3, 0.4) is 0 Å². The number of benzene rings is 1. The molecule has 1 atom stereocenters. The molecule has 0 spiro atoms. The Morgan fingerprint density at radius 1 is 1.53 bits per heavy atom. The predicted octanol–water partition coefficient (Wildman–Crippen LogP) is 2.42. The fourth-order valence-electron chi connectivity index (χ4n) is 1.31. The third-order valence-electron chi connectivity index (χ3n) is 2.19. The Morgan fingerprint density at radius 3 is 2.88 bits per heavy atom. The molecule has 0 amide bonds. The van der Waals surface area contributed by atoms with Crippen LogP contribution in [0.15, 0.2) is 22.7 Å². The van der Waals surface area contributed by atoms with Crippen LogP contribution in [0.2, 0.25) is 0 Å². The molecule has 0 saturated carbocycles. The van der Waals surface area contributed by atoms with Crippen molar-refractivity contribution in [2.45, 2.75) is 12.5 Å². The van der Waals surface area contributed by atoms with Crippen LogP contribution in [-0.2, 0) is 4.74 Å². The fraction of sp³-hybridized carbons (Fsp3) is 0.417. The van der Waals surface area contributed by atoms with Gasteiger partial charge in [-0.15, -0.1) is 0 Å². The van der Waals surface area contributed by atoms with Crippen LogP contribution in [0, 0.1) is 11.3 Å². The lowest BCUT2D eigenvalue weighted by Gasteiger charge is -2.13. The molecule has 0 heterocycles. The Morgan fingerprint density at radius 2 is 2.29 bits per heavy atom. The Balaban J connectivity index is 2.83. The molecule has 1 N–H and O–H groups in total. The van der Waals surface area contributed by atoms with Gasteiger partial charge in [0.05, 0.1) is 19.8 Å². The molecule has 0 aromatic heterocycles. The molecule has 0 radical (unpaired) electrons. The zero-order valence-electron chi connectivity index (χ0n) is 9.52. The van der Waals surface area contributed by atoms with E-state index >= 15 is 0 Å². The molecule has 1 aromatic carbocycles. The molecule has 0 aliphatic carbocycles. The van der Waals surface area contributed by atoms with Crippen molar-refractivity contribution < 1.29 is 14.6 Å². The Bertz CT molecular complexity index is 403. The number of hydrogen-bond donors (Lipinski definition) is 1. The Hall–Kier alpha value is -1.09. The van der Waals surface area contributed by atoms with Gasteiger partial charge in [-0.3, -0.25) is 0 Å². The normalized spacial score (nSPS) is 11.9. The highest BCUT2D eigenvalue weighted by Crippen LogP contribution is 2.29. The maximum absolute atomic E-state index is 9.07. The molecule has 4 nitrogen and oxygen atoms in total. The molecule has 0 saturated heterocycles. The number of nitriles is 1. The summed E-state index contributed by atoms with van der Waals surface area (Å²) in [6.45, 7) is 0.399.